The third kappa shape index (κ3) is 3.05. The molecule has 2 heterocycles. The third-order valence-electron chi connectivity index (χ3n) is 4.67. The molecule has 0 atom stereocenters. The number of nitrogens with zero attached hydrogens (tertiary/aromatic N) is 5. The number of nitrogens with one attached hydrogen (secondary N) is 1. The van der Waals surface area contributed by atoms with Gasteiger partial charge in [-0.05, 0) is 48.9 Å². The van der Waals surface area contributed by atoms with Crippen LogP contribution in [0, 0.1) is 0 Å². The fourth-order valence-electron chi connectivity index (χ4n) is 3.39. The van der Waals surface area contributed by atoms with E-state index in [1.807, 2.05) is 6.07 Å². The largest absolute Gasteiger partial charge is 0.322 e. The summed E-state index contributed by atoms with van der Waals surface area (Å²) in [6, 6.07) is 6.23. The van der Waals surface area contributed by atoms with E-state index in [-0.39, 0.29) is 5.91 Å². The molecule has 0 saturated heterocycles. The topological polar surface area (TPSA) is 77.6 Å². The second-order valence-electron chi connectivity index (χ2n) is 6.37. The van der Waals surface area contributed by atoms with Crippen molar-refractivity contribution in [1.82, 2.24) is 24.5 Å². The Morgan fingerprint density at radius 1 is 1.08 bits per heavy atom. The molecule has 1 amide bonds. The predicted octanol–water partition coefficient (Wildman–Crippen LogP) is 2.52. The Morgan fingerprint density at radius 3 is 2.64 bits per heavy atom. The van der Waals surface area contributed by atoms with Crippen molar-refractivity contribution in [3.05, 3.63) is 53.7 Å². The van der Waals surface area contributed by atoms with Gasteiger partial charge in [-0.15, -0.1) is 10.2 Å². The molecule has 1 aliphatic rings. The van der Waals surface area contributed by atoms with Crippen molar-refractivity contribution in [2.24, 2.45) is 7.05 Å². The number of aryl methyl sites for hydroxylation is 3. The lowest BCUT2D eigenvalue weighted by molar-refractivity contribution is 0.102. The van der Waals surface area contributed by atoms with E-state index in [4.69, 9.17) is 0 Å². The summed E-state index contributed by atoms with van der Waals surface area (Å²) < 4.78 is 3.31. The van der Waals surface area contributed by atoms with Gasteiger partial charge in [-0.3, -0.25) is 14.0 Å². The van der Waals surface area contributed by atoms with Crippen LogP contribution >= 0.6 is 0 Å². The highest BCUT2D eigenvalue weighted by Gasteiger charge is 2.18. The molecule has 1 N–H and O–H groups in total. The molecule has 0 saturated carbocycles. The zero-order chi connectivity index (χ0) is 17.2. The van der Waals surface area contributed by atoms with Gasteiger partial charge in [0.05, 0.1) is 6.20 Å². The number of amides is 1. The van der Waals surface area contributed by atoms with Crippen molar-refractivity contribution in [3.8, 4) is 5.82 Å². The summed E-state index contributed by atoms with van der Waals surface area (Å²) in [5, 5.41) is 14.8. The number of carbonyl (C=O) groups excluding carboxylic acids is 1. The van der Waals surface area contributed by atoms with E-state index in [1.54, 1.807) is 35.1 Å². The van der Waals surface area contributed by atoms with Crippen molar-refractivity contribution < 1.29 is 4.79 Å². The van der Waals surface area contributed by atoms with Crippen LogP contribution in [0.2, 0.25) is 0 Å². The van der Waals surface area contributed by atoms with E-state index in [1.165, 1.54) is 30.4 Å². The van der Waals surface area contributed by atoms with Gasteiger partial charge >= 0.3 is 0 Å². The molecule has 4 rings (SSSR count). The molecule has 3 aromatic rings. The number of fused-ring (bicyclic) bond motifs is 1. The number of hydrogen-bond acceptors (Lipinski definition) is 4. The number of anilines is 1. The molecule has 7 nitrogen and oxygen atoms in total. The molecule has 0 aliphatic heterocycles. The highest BCUT2D eigenvalue weighted by atomic mass is 16.1. The van der Waals surface area contributed by atoms with Crippen LogP contribution in [0.25, 0.3) is 5.82 Å². The molecular formula is C18H20N6O. The van der Waals surface area contributed by atoms with Gasteiger partial charge in [0.15, 0.2) is 0 Å². The molecule has 25 heavy (non-hydrogen) atoms. The Balaban J connectivity index is 1.60. The SMILES string of the molecule is Cn1ncc(C(=O)Nc2ccc3c(c2)CCCCC3)c1-n1cnnc1. The average Bonchev–Trinajstić information content (AvgIpc) is 3.19. The molecule has 0 fully saturated rings. The van der Waals surface area contributed by atoms with Crippen LogP contribution in [-0.4, -0.2) is 30.5 Å². The van der Waals surface area contributed by atoms with E-state index in [0.717, 1.165) is 18.5 Å². The summed E-state index contributed by atoms with van der Waals surface area (Å²) in [6.45, 7) is 0. The van der Waals surface area contributed by atoms with Crippen LogP contribution in [0.1, 0.15) is 40.7 Å². The maximum atomic E-state index is 12.8. The summed E-state index contributed by atoms with van der Waals surface area (Å²) in [7, 11) is 1.79. The molecule has 7 heteroatoms. The minimum Gasteiger partial charge on any atom is -0.322 e. The highest BCUT2D eigenvalue weighted by molar-refractivity contribution is 6.06. The number of rotatable bonds is 3. The van der Waals surface area contributed by atoms with Gasteiger partial charge in [0, 0.05) is 12.7 Å². The highest BCUT2D eigenvalue weighted by Crippen LogP contribution is 2.24. The molecular weight excluding hydrogens is 316 g/mol. The maximum Gasteiger partial charge on any atom is 0.261 e. The number of hydrogen-bond donors (Lipinski definition) is 1. The average molecular weight is 336 g/mol. The van der Waals surface area contributed by atoms with Gasteiger partial charge < -0.3 is 5.32 Å². The van der Waals surface area contributed by atoms with Crippen LogP contribution in [0.3, 0.4) is 0 Å². The second kappa shape index (κ2) is 6.51. The first-order valence-electron chi connectivity index (χ1n) is 8.52. The smallest absolute Gasteiger partial charge is 0.261 e. The zero-order valence-electron chi connectivity index (χ0n) is 14.1. The molecule has 0 spiro atoms. The first-order valence-corrected chi connectivity index (χ1v) is 8.52. The van der Waals surface area contributed by atoms with Crippen LogP contribution in [0.4, 0.5) is 5.69 Å². The van der Waals surface area contributed by atoms with Crippen LogP contribution in [0.5, 0.6) is 0 Å². The molecule has 0 radical (unpaired) electrons. The second-order valence-corrected chi connectivity index (χ2v) is 6.37. The lowest BCUT2D eigenvalue weighted by atomic mass is 10.0. The number of benzene rings is 1. The zero-order valence-corrected chi connectivity index (χ0v) is 14.1. The number of carbonyl (C=O) groups is 1. The van der Waals surface area contributed by atoms with Crippen LogP contribution in [-0.2, 0) is 19.9 Å². The van der Waals surface area contributed by atoms with E-state index >= 15 is 0 Å². The number of aromatic nitrogens is 5. The van der Waals surface area contributed by atoms with E-state index in [0.29, 0.717) is 11.4 Å². The molecule has 0 bridgehead atoms. The minimum absolute atomic E-state index is 0.189. The quantitative estimate of drug-likeness (QED) is 0.746. The maximum absolute atomic E-state index is 12.8. The minimum atomic E-state index is -0.189. The first kappa shape index (κ1) is 15.6. The lowest BCUT2D eigenvalue weighted by Crippen LogP contribution is -2.15. The molecule has 1 aromatic carbocycles. The lowest BCUT2D eigenvalue weighted by Gasteiger charge is -2.11. The Hall–Kier alpha value is -2.96. The van der Waals surface area contributed by atoms with Gasteiger partial charge in [0.2, 0.25) is 0 Å². The Morgan fingerprint density at radius 2 is 1.84 bits per heavy atom. The fraction of sp³-hybridized carbons (Fsp3) is 0.333. The molecule has 2 aromatic heterocycles. The Labute approximate surface area is 145 Å². The summed E-state index contributed by atoms with van der Waals surface area (Å²) in [6.07, 6.45) is 10.6. The van der Waals surface area contributed by atoms with Gasteiger partial charge in [-0.1, -0.05) is 12.5 Å². The van der Waals surface area contributed by atoms with Crippen molar-refractivity contribution in [2.45, 2.75) is 32.1 Å². The van der Waals surface area contributed by atoms with Crippen LogP contribution in [0.15, 0.2) is 37.1 Å². The van der Waals surface area contributed by atoms with Gasteiger partial charge in [-0.2, -0.15) is 5.10 Å². The summed E-state index contributed by atoms with van der Waals surface area (Å²) in [4.78, 5) is 12.8. The van der Waals surface area contributed by atoms with Crippen molar-refractivity contribution >= 4 is 11.6 Å². The molecule has 0 unspecified atom stereocenters. The van der Waals surface area contributed by atoms with E-state index < -0.39 is 0 Å². The first-order chi connectivity index (χ1) is 12.2. The predicted molar refractivity (Wildman–Crippen MR) is 93.8 cm³/mol. The molecule has 128 valence electrons. The van der Waals surface area contributed by atoms with Gasteiger partial charge in [0.25, 0.3) is 5.91 Å². The van der Waals surface area contributed by atoms with Gasteiger partial charge in [-0.25, -0.2) is 0 Å². The fourth-order valence-corrected chi connectivity index (χ4v) is 3.39. The van der Waals surface area contributed by atoms with E-state index in [9.17, 15) is 4.79 Å². The summed E-state index contributed by atoms with van der Waals surface area (Å²) in [5.74, 6) is 0.447. The van der Waals surface area contributed by atoms with Crippen molar-refractivity contribution in [1.29, 1.82) is 0 Å². The normalized spacial score (nSPS) is 14.0. The van der Waals surface area contributed by atoms with E-state index in [2.05, 4.69) is 32.7 Å². The Kier molecular flexibility index (Phi) is 4.05. The van der Waals surface area contributed by atoms with Gasteiger partial charge in [0.1, 0.15) is 24.0 Å². The summed E-state index contributed by atoms with van der Waals surface area (Å²) >= 11 is 0. The van der Waals surface area contributed by atoms with Crippen molar-refractivity contribution in [3.63, 3.8) is 0 Å². The third-order valence-corrected chi connectivity index (χ3v) is 4.67. The van der Waals surface area contributed by atoms with Crippen LogP contribution < -0.4 is 5.32 Å². The standard InChI is InChI=1S/C18H20N6O/c1-23-18(24-11-19-20-12-24)16(10-21-23)17(25)22-15-8-7-13-5-3-2-4-6-14(13)9-15/h7-12H,2-6H2,1H3,(H,22,25). The monoisotopic (exact) mass is 336 g/mol. The summed E-state index contributed by atoms with van der Waals surface area (Å²) in [5.41, 5.74) is 4.06. The van der Waals surface area contributed by atoms with Crippen molar-refractivity contribution in [2.75, 3.05) is 5.32 Å². The Bertz CT molecular complexity index is 896. The molecule has 1 aliphatic carbocycles.